The fourth-order valence-electron chi connectivity index (χ4n) is 0.943. The van der Waals surface area contributed by atoms with Crippen molar-refractivity contribution in [1.29, 1.82) is 0 Å². The van der Waals surface area contributed by atoms with Crippen molar-refractivity contribution in [2.45, 2.75) is 6.42 Å². The Hall–Kier alpha value is -0.460. The van der Waals surface area contributed by atoms with E-state index in [1.54, 1.807) is 6.07 Å². The third-order valence-electron chi connectivity index (χ3n) is 1.54. The van der Waals surface area contributed by atoms with E-state index in [4.69, 9.17) is 5.73 Å². The zero-order valence-corrected chi connectivity index (χ0v) is 11.6. The molecule has 15 heavy (non-hydrogen) atoms. The van der Waals surface area contributed by atoms with Crippen molar-refractivity contribution < 1.29 is 4.79 Å². The maximum atomic E-state index is 11.3. The second-order valence-corrected chi connectivity index (χ2v) is 5.11. The number of benzene rings is 1. The largest absolute Gasteiger partial charge is 0.393 e. The highest BCUT2D eigenvalue weighted by Gasteiger charge is 2.06. The maximum Gasteiger partial charge on any atom is 0.231 e. The molecule has 0 saturated heterocycles. The smallest absolute Gasteiger partial charge is 0.231 e. The Morgan fingerprint density at radius 2 is 2.13 bits per heavy atom. The van der Waals surface area contributed by atoms with Crippen LogP contribution in [0.4, 0.5) is 5.69 Å². The van der Waals surface area contributed by atoms with E-state index in [1.807, 2.05) is 12.1 Å². The summed E-state index contributed by atoms with van der Waals surface area (Å²) in [5.74, 6) is -0.217. The molecule has 0 spiro atoms. The number of nitrogens with two attached hydrogens (primary N) is 1. The van der Waals surface area contributed by atoms with Crippen molar-refractivity contribution in [3.05, 3.63) is 27.1 Å². The van der Waals surface area contributed by atoms with Crippen LogP contribution in [0.1, 0.15) is 6.42 Å². The van der Waals surface area contributed by atoms with Crippen LogP contribution in [0.15, 0.2) is 27.1 Å². The lowest BCUT2D eigenvalue weighted by Gasteiger charge is -2.06. The van der Waals surface area contributed by atoms with Crippen molar-refractivity contribution in [1.82, 2.24) is 0 Å². The Morgan fingerprint density at radius 1 is 1.47 bits per heavy atom. The van der Waals surface area contributed by atoms with Crippen molar-refractivity contribution in [2.75, 3.05) is 5.32 Å². The quantitative estimate of drug-likeness (QED) is 0.823. The number of hydrogen-bond acceptors (Lipinski definition) is 2. The van der Waals surface area contributed by atoms with Gasteiger partial charge in [-0.05, 0) is 34.1 Å². The topological polar surface area (TPSA) is 55.1 Å². The minimum Gasteiger partial charge on any atom is -0.393 e. The van der Waals surface area contributed by atoms with Gasteiger partial charge in [-0.2, -0.15) is 0 Å². The molecule has 80 valence electrons. The standard InChI is InChI=1S/C9H8Br2N2OS/c10-5-1-2-7(6(11)3-5)13-9(14)4-8(12)15/h1-3H,4H2,(H2,12,15)(H,13,14). The molecule has 0 fully saturated rings. The summed E-state index contributed by atoms with van der Waals surface area (Å²) < 4.78 is 1.73. The van der Waals surface area contributed by atoms with Gasteiger partial charge in [0.15, 0.2) is 0 Å². The lowest BCUT2D eigenvalue weighted by molar-refractivity contribution is -0.115. The van der Waals surface area contributed by atoms with Crippen LogP contribution in [-0.2, 0) is 4.79 Å². The number of carbonyl (C=O) groups is 1. The summed E-state index contributed by atoms with van der Waals surface area (Å²) in [6.07, 6.45) is 0.0534. The first kappa shape index (κ1) is 12.6. The molecule has 6 heteroatoms. The van der Waals surface area contributed by atoms with Gasteiger partial charge in [0.25, 0.3) is 0 Å². The van der Waals surface area contributed by atoms with Crippen LogP contribution in [-0.4, -0.2) is 10.9 Å². The van der Waals surface area contributed by atoms with E-state index < -0.39 is 0 Å². The van der Waals surface area contributed by atoms with Gasteiger partial charge in [0.1, 0.15) is 0 Å². The Labute approximate surface area is 110 Å². The van der Waals surface area contributed by atoms with Crippen molar-refractivity contribution in [3.63, 3.8) is 0 Å². The lowest BCUT2D eigenvalue weighted by atomic mass is 10.3. The molecule has 3 N–H and O–H groups in total. The highest BCUT2D eigenvalue weighted by molar-refractivity contribution is 9.11. The van der Waals surface area contributed by atoms with Gasteiger partial charge in [-0.25, -0.2) is 0 Å². The van der Waals surface area contributed by atoms with Crippen LogP contribution in [0, 0.1) is 0 Å². The van der Waals surface area contributed by atoms with Gasteiger partial charge >= 0.3 is 0 Å². The SMILES string of the molecule is NC(=S)CC(=O)Nc1ccc(Br)cc1Br. The van der Waals surface area contributed by atoms with E-state index in [0.717, 1.165) is 8.95 Å². The molecular weight excluding hydrogens is 344 g/mol. The van der Waals surface area contributed by atoms with E-state index in [2.05, 4.69) is 49.4 Å². The molecule has 1 aromatic rings. The predicted octanol–water partition coefficient (Wildman–Crippen LogP) is 2.83. The van der Waals surface area contributed by atoms with E-state index in [9.17, 15) is 4.79 Å². The van der Waals surface area contributed by atoms with Crippen LogP contribution in [0.25, 0.3) is 0 Å². The number of thiocarbonyl (C=S) groups is 1. The van der Waals surface area contributed by atoms with Gasteiger partial charge in [-0.3, -0.25) is 4.79 Å². The van der Waals surface area contributed by atoms with Gasteiger partial charge < -0.3 is 11.1 Å². The van der Waals surface area contributed by atoms with Crippen LogP contribution < -0.4 is 11.1 Å². The molecule has 0 unspecified atom stereocenters. The number of halogens is 2. The van der Waals surface area contributed by atoms with Crippen LogP contribution in [0.3, 0.4) is 0 Å². The predicted molar refractivity (Wildman–Crippen MR) is 71.9 cm³/mol. The second kappa shape index (κ2) is 5.58. The second-order valence-electron chi connectivity index (χ2n) is 2.82. The van der Waals surface area contributed by atoms with Gasteiger partial charge in [0, 0.05) is 8.95 Å². The molecule has 0 saturated carbocycles. The summed E-state index contributed by atoms with van der Waals surface area (Å²) in [5.41, 5.74) is 5.95. The lowest BCUT2D eigenvalue weighted by Crippen LogP contribution is -2.20. The molecule has 1 aromatic carbocycles. The average molecular weight is 352 g/mol. The Balaban J connectivity index is 2.72. The van der Waals surface area contributed by atoms with Crippen molar-refractivity contribution in [2.24, 2.45) is 5.73 Å². The summed E-state index contributed by atoms with van der Waals surface area (Å²) in [5, 5.41) is 2.69. The van der Waals surface area contributed by atoms with Crippen LogP contribution >= 0.6 is 44.1 Å². The molecule has 1 rings (SSSR count). The van der Waals surface area contributed by atoms with E-state index in [-0.39, 0.29) is 17.3 Å². The van der Waals surface area contributed by atoms with E-state index >= 15 is 0 Å². The molecule has 0 bridgehead atoms. The van der Waals surface area contributed by atoms with Crippen LogP contribution in [0.2, 0.25) is 0 Å². The number of nitrogens with one attached hydrogen (secondary N) is 1. The number of anilines is 1. The normalized spacial score (nSPS) is 9.73. The molecule has 0 heterocycles. The Kier molecular flexibility index (Phi) is 4.69. The van der Waals surface area contributed by atoms with Gasteiger partial charge in [0.2, 0.25) is 5.91 Å². The Bertz CT molecular complexity index is 409. The fourth-order valence-corrected chi connectivity index (χ4v) is 2.22. The first-order chi connectivity index (χ1) is 6.99. The molecule has 1 amide bonds. The number of amides is 1. The molecule has 0 aliphatic heterocycles. The number of carbonyl (C=O) groups excluding carboxylic acids is 1. The zero-order chi connectivity index (χ0) is 11.4. The molecule has 0 aromatic heterocycles. The van der Waals surface area contributed by atoms with Gasteiger partial charge in [0.05, 0.1) is 17.1 Å². The first-order valence-corrected chi connectivity index (χ1v) is 6.01. The summed E-state index contributed by atoms with van der Waals surface area (Å²) in [6, 6.07) is 5.46. The van der Waals surface area contributed by atoms with Crippen LogP contribution in [0.5, 0.6) is 0 Å². The molecule has 3 nitrogen and oxygen atoms in total. The van der Waals surface area contributed by atoms with E-state index in [1.165, 1.54) is 0 Å². The minimum atomic E-state index is -0.217. The highest BCUT2D eigenvalue weighted by atomic mass is 79.9. The third kappa shape index (κ3) is 4.27. The minimum absolute atomic E-state index is 0.0534. The zero-order valence-electron chi connectivity index (χ0n) is 7.59. The molecular formula is C9H8Br2N2OS. The highest BCUT2D eigenvalue weighted by Crippen LogP contribution is 2.26. The van der Waals surface area contributed by atoms with Gasteiger partial charge in [-0.15, -0.1) is 0 Å². The molecule has 0 aliphatic rings. The molecule has 0 aliphatic carbocycles. The van der Waals surface area contributed by atoms with Crippen molar-refractivity contribution >= 4 is 60.7 Å². The average Bonchev–Trinajstić information content (AvgIpc) is 2.08. The Morgan fingerprint density at radius 3 is 2.67 bits per heavy atom. The summed E-state index contributed by atoms with van der Waals surface area (Å²) in [7, 11) is 0. The summed E-state index contributed by atoms with van der Waals surface area (Å²) >= 11 is 11.3. The van der Waals surface area contributed by atoms with Gasteiger partial charge in [-0.1, -0.05) is 28.1 Å². The molecule has 0 atom stereocenters. The number of hydrogen-bond donors (Lipinski definition) is 2. The number of rotatable bonds is 3. The van der Waals surface area contributed by atoms with Crippen molar-refractivity contribution in [3.8, 4) is 0 Å². The summed E-state index contributed by atoms with van der Waals surface area (Å²) in [4.78, 5) is 11.5. The third-order valence-corrected chi connectivity index (χ3v) is 2.83. The fraction of sp³-hybridized carbons (Fsp3) is 0.111. The first-order valence-electron chi connectivity index (χ1n) is 4.02. The maximum absolute atomic E-state index is 11.3. The summed E-state index contributed by atoms with van der Waals surface area (Å²) in [6.45, 7) is 0. The molecule has 0 radical (unpaired) electrons. The monoisotopic (exact) mass is 350 g/mol. The van der Waals surface area contributed by atoms with E-state index in [0.29, 0.717) is 5.69 Å².